The highest BCUT2D eigenvalue weighted by Crippen LogP contribution is 2.35. The summed E-state index contributed by atoms with van der Waals surface area (Å²) in [5.41, 5.74) is -0.209. The second kappa shape index (κ2) is 4.52. The first kappa shape index (κ1) is 12.2. The SMILES string of the molecule is CCCc1cc(=O)oc2c(C=O)c(O)cc(O)c12. The molecule has 2 aromatic rings. The highest BCUT2D eigenvalue weighted by molar-refractivity contribution is 6.01. The first-order valence-electron chi connectivity index (χ1n) is 5.55. The number of fused-ring (bicyclic) bond motifs is 1. The van der Waals surface area contributed by atoms with Crippen molar-refractivity contribution in [2.24, 2.45) is 0 Å². The largest absolute Gasteiger partial charge is 0.507 e. The molecule has 0 atom stereocenters. The monoisotopic (exact) mass is 248 g/mol. The minimum atomic E-state index is -0.612. The molecule has 0 spiro atoms. The van der Waals surface area contributed by atoms with Crippen molar-refractivity contribution in [1.29, 1.82) is 0 Å². The molecule has 0 aliphatic carbocycles. The maximum Gasteiger partial charge on any atom is 0.336 e. The highest BCUT2D eigenvalue weighted by Gasteiger charge is 2.17. The Morgan fingerprint density at radius 3 is 2.61 bits per heavy atom. The number of rotatable bonds is 3. The molecule has 94 valence electrons. The predicted molar refractivity (Wildman–Crippen MR) is 65.2 cm³/mol. The van der Waals surface area contributed by atoms with Crippen molar-refractivity contribution in [3.63, 3.8) is 0 Å². The van der Waals surface area contributed by atoms with Crippen LogP contribution in [0.1, 0.15) is 29.3 Å². The molecule has 1 aromatic heterocycles. The van der Waals surface area contributed by atoms with Crippen molar-refractivity contribution in [3.05, 3.63) is 33.7 Å². The van der Waals surface area contributed by atoms with Gasteiger partial charge in [-0.1, -0.05) is 13.3 Å². The highest BCUT2D eigenvalue weighted by atomic mass is 16.4. The summed E-state index contributed by atoms with van der Waals surface area (Å²) < 4.78 is 4.93. The molecular formula is C13H12O5. The van der Waals surface area contributed by atoms with Gasteiger partial charge >= 0.3 is 5.63 Å². The number of aldehydes is 1. The van der Waals surface area contributed by atoms with E-state index in [2.05, 4.69) is 0 Å². The van der Waals surface area contributed by atoms with Gasteiger partial charge in [-0.05, 0) is 12.0 Å². The van der Waals surface area contributed by atoms with Crippen LogP contribution in [0, 0.1) is 0 Å². The summed E-state index contributed by atoms with van der Waals surface area (Å²) >= 11 is 0. The maximum atomic E-state index is 11.4. The first-order valence-corrected chi connectivity index (χ1v) is 5.55. The lowest BCUT2D eigenvalue weighted by atomic mass is 10.0. The number of benzene rings is 1. The van der Waals surface area contributed by atoms with Crippen molar-refractivity contribution in [3.8, 4) is 11.5 Å². The first-order chi connectivity index (χ1) is 8.58. The molecule has 2 rings (SSSR count). The molecule has 0 saturated carbocycles. The van der Waals surface area contributed by atoms with E-state index in [1.54, 1.807) is 0 Å². The van der Waals surface area contributed by atoms with Gasteiger partial charge < -0.3 is 14.6 Å². The smallest absolute Gasteiger partial charge is 0.336 e. The van der Waals surface area contributed by atoms with E-state index in [0.717, 1.165) is 12.5 Å². The fourth-order valence-corrected chi connectivity index (χ4v) is 1.99. The van der Waals surface area contributed by atoms with Gasteiger partial charge in [0.1, 0.15) is 11.5 Å². The quantitative estimate of drug-likeness (QED) is 0.640. The van der Waals surface area contributed by atoms with Gasteiger partial charge in [-0.25, -0.2) is 4.79 Å². The lowest BCUT2D eigenvalue weighted by Crippen LogP contribution is -2.02. The summed E-state index contributed by atoms with van der Waals surface area (Å²) in [6.45, 7) is 1.93. The van der Waals surface area contributed by atoms with E-state index in [0.29, 0.717) is 23.7 Å². The molecule has 0 aliphatic rings. The number of hydrogen-bond donors (Lipinski definition) is 2. The molecule has 0 fully saturated rings. The molecule has 0 bridgehead atoms. The molecule has 5 nitrogen and oxygen atoms in total. The van der Waals surface area contributed by atoms with E-state index in [1.807, 2.05) is 6.92 Å². The summed E-state index contributed by atoms with van der Waals surface area (Å²) in [5, 5.41) is 19.7. The van der Waals surface area contributed by atoms with E-state index in [4.69, 9.17) is 4.42 Å². The van der Waals surface area contributed by atoms with Crippen molar-refractivity contribution in [2.75, 3.05) is 0 Å². The van der Waals surface area contributed by atoms with Crippen LogP contribution in [0.4, 0.5) is 0 Å². The van der Waals surface area contributed by atoms with Gasteiger partial charge in [-0.15, -0.1) is 0 Å². The van der Waals surface area contributed by atoms with Crippen molar-refractivity contribution in [1.82, 2.24) is 0 Å². The fraction of sp³-hybridized carbons (Fsp3) is 0.231. The molecule has 0 unspecified atom stereocenters. The van der Waals surface area contributed by atoms with E-state index >= 15 is 0 Å². The Balaban J connectivity index is 2.97. The molecule has 5 heteroatoms. The minimum absolute atomic E-state index is 0.0709. The number of phenols is 2. The third-order valence-electron chi connectivity index (χ3n) is 2.73. The van der Waals surface area contributed by atoms with Gasteiger partial charge in [0.2, 0.25) is 0 Å². The standard InChI is InChI=1S/C13H12O5/c1-2-3-7-4-11(17)18-13-8(6-14)9(15)5-10(16)12(7)13/h4-6,15-16H,2-3H2,1H3. The van der Waals surface area contributed by atoms with Gasteiger partial charge in [-0.2, -0.15) is 0 Å². The fourth-order valence-electron chi connectivity index (χ4n) is 1.99. The van der Waals surface area contributed by atoms with Crippen LogP contribution < -0.4 is 5.63 Å². The number of aromatic hydroxyl groups is 2. The average Bonchev–Trinajstić information content (AvgIpc) is 2.28. The Morgan fingerprint density at radius 2 is 2.00 bits per heavy atom. The molecule has 0 aliphatic heterocycles. The topological polar surface area (TPSA) is 87.7 Å². The predicted octanol–water partition coefficient (Wildman–Crippen LogP) is 1.97. The van der Waals surface area contributed by atoms with Crippen LogP contribution >= 0.6 is 0 Å². The Morgan fingerprint density at radius 1 is 1.28 bits per heavy atom. The molecular weight excluding hydrogens is 236 g/mol. The van der Waals surface area contributed by atoms with Gasteiger partial charge in [0, 0.05) is 12.1 Å². The number of carbonyl (C=O) groups is 1. The molecule has 0 radical (unpaired) electrons. The third kappa shape index (κ3) is 1.84. The number of phenolic OH excluding ortho intramolecular Hbond substituents is 2. The van der Waals surface area contributed by atoms with Crippen molar-refractivity contribution < 1.29 is 19.4 Å². The Hall–Kier alpha value is -2.30. The summed E-state index contributed by atoms with van der Waals surface area (Å²) in [5.74, 6) is -0.618. The number of aryl methyl sites for hydroxylation is 1. The van der Waals surface area contributed by atoms with E-state index in [9.17, 15) is 19.8 Å². The minimum Gasteiger partial charge on any atom is -0.507 e. The zero-order valence-corrected chi connectivity index (χ0v) is 9.77. The van der Waals surface area contributed by atoms with Crippen LogP contribution in [-0.2, 0) is 6.42 Å². The molecule has 2 N–H and O–H groups in total. The van der Waals surface area contributed by atoms with Crippen LogP contribution in [-0.4, -0.2) is 16.5 Å². The maximum absolute atomic E-state index is 11.4. The van der Waals surface area contributed by atoms with Crippen LogP contribution in [0.25, 0.3) is 11.0 Å². The van der Waals surface area contributed by atoms with Crippen LogP contribution in [0.2, 0.25) is 0 Å². The summed E-state index contributed by atoms with van der Waals surface area (Å²) in [6.07, 6.45) is 1.74. The molecule has 1 heterocycles. The second-order valence-corrected chi connectivity index (χ2v) is 3.99. The normalized spacial score (nSPS) is 10.7. The molecule has 1 aromatic carbocycles. The third-order valence-corrected chi connectivity index (χ3v) is 2.73. The lowest BCUT2D eigenvalue weighted by molar-refractivity contribution is 0.112. The molecule has 0 saturated heterocycles. The van der Waals surface area contributed by atoms with Crippen LogP contribution in [0.3, 0.4) is 0 Å². The van der Waals surface area contributed by atoms with E-state index in [1.165, 1.54) is 6.07 Å². The summed E-state index contributed by atoms with van der Waals surface area (Å²) in [6, 6.07) is 2.36. The zero-order chi connectivity index (χ0) is 13.3. The van der Waals surface area contributed by atoms with Crippen LogP contribution in [0.5, 0.6) is 11.5 Å². The number of hydrogen-bond acceptors (Lipinski definition) is 5. The van der Waals surface area contributed by atoms with E-state index < -0.39 is 11.4 Å². The second-order valence-electron chi connectivity index (χ2n) is 3.99. The van der Waals surface area contributed by atoms with Gasteiger partial charge in [0.05, 0.1) is 10.9 Å². The Kier molecular flexibility index (Phi) is 3.06. The number of carbonyl (C=O) groups excluding carboxylic acids is 1. The summed E-state index contributed by atoms with van der Waals surface area (Å²) in [4.78, 5) is 22.4. The van der Waals surface area contributed by atoms with Crippen molar-refractivity contribution >= 4 is 17.3 Å². The Bertz CT molecular complexity index is 669. The Labute approximate surface area is 102 Å². The van der Waals surface area contributed by atoms with Gasteiger partial charge in [-0.3, -0.25) is 4.79 Å². The van der Waals surface area contributed by atoms with Crippen molar-refractivity contribution in [2.45, 2.75) is 19.8 Å². The van der Waals surface area contributed by atoms with Gasteiger partial charge in [0.25, 0.3) is 0 Å². The van der Waals surface area contributed by atoms with Gasteiger partial charge in [0.15, 0.2) is 11.9 Å². The lowest BCUT2D eigenvalue weighted by Gasteiger charge is -2.08. The summed E-state index contributed by atoms with van der Waals surface area (Å²) in [7, 11) is 0. The van der Waals surface area contributed by atoms with E-state index in [-0.39, 0.29) is 16.9 Å². The van der Waals surface area contributed by atoms with Crippen LogP contribution in [0.15, 0.2) is 21.3 Å². The molecule has 18 heavy (non-hydrogen) atoms. The molecule has 0 amide bonds. The average molecular weight is 248 g/mol. The zero-order valence-electron chi connectivity index (χ0n) is 9.77.